The highest BCUT2D eigenvalue weighted by Gasteiger charge is 2.22. The second-order valence-electron chi connectivity index (χ2n) is 8.32. The van der Waals surface area contributed by atoms with Gasteiger partial charge in [0.25, 0.3) is 5.91 Å². The van der Waals surface area contributed by atoms with Crippen LogP contribution in [0.1, 0.15) is 21.5 Å². The van der Waals surface area contributed by atoms with Crippen molar-refractivity contribution in [3.8, 4) is 5.75 Å². The lowest BCUT2D eigenvalue weighted by Gasteiger charge is -2.36. The number of piperazine rings is 1. The molecule has 176 valence electrons. The normalized spacial score (nSPS) is 14.7. The molecule has 0 aliphatic carbocycles. The molecule has 3 aromatic carbocycles. The third-order valence-corrected chi connectivity index (χ3v) is 5.78. The Morgan fingerprint density at radius 2 is 1.76 bits per heavy atom. The Morgan fingerprint density at radius 1 is 1.00 bits per heavy atom. The number of hydrogen-bond acceptors (Lipinski definition) is 4. The van der Waals surface area contributed by atoms with Gasteiger partial charge in [-0.3, -0.25) is 15.0 Å². The summed E-state index contributed by atoms with van der Waals surface area (Å²) in [6.45, 7) is 5.52. The lowest BCUT2D eigenvalue weighted by atomic mass is 10.1. The predicted molar refractivity (Wildman–Crippen MR) is 132 cm³/mol. The van der Waals surface area contributed by atoms with Crippen LogP contribution in [0, 0.1) is 12.7 Å². The number of carbonyl (C=O) groups is 1. The lowest BCUT2D eigenvalue weighted by Crippen LogP contribution is -2.53. The topological polar surface area (TPSA) is 57.2 Å². The van der Waals surface area contributed by atoms with E-state index < -0.39 is 0 Å². The molecule has 1 aliphatic rings. The number of amides is 1. The van der Waals surface area contributed by atoms with E-state index in [-0.39, 0.29) is 11.7 Å². The number of para-hydroxylation sites is 2. The molecule has 0 spiro atoms. The molecule has 1 amide bonds. The van der Waals surface area contributed by atoms with Crippen LogP contribution in [0.25, 0.3) is 0 Å². The summed E-state index contributed by atoms with van der Waals surface area (Å²) in [6.07, 6.45) is 0. The van der Waals surface area contributed by atoms with Gasteiger partial charge in [-0.05, 0) is 48.9 Å². The van der Waals surface area contributed by atoms with Crippen molar-refractivity contribution < 1.29 is 13.9 Å². The van der Waals surface area contributed by atoms with Crippen LogP contribution in [0.2, 0.25) is 0 Å². The summed E-state index contributed by atoms with van der Waals surface area (Å²) in [4.78, 5) is 22.2. The number of rotatable bonds is 5. The molecule has 0 unspecified atom stereocenters. The molecule has 0 atom stereocenters. The molecule has 1 aliphatic heterocycles. The van der Waals surface area contributed by atoms with E-state index in [0.29, 0.717) is 42.6 Å². The average Bonchev–Trinajstić information content (AvgIpc) is 2.84. The number of hydrogen-bond donors (Lipinski definition) is 1. The zero-order valence-electron chi connectivity index (χ0n) is 19.5. The monoisotopic (exact) mass is 460 g/mol. The number of nitrogens with one attached hydrogen (secondary N) is 1. The van der Waals surface area contributed by atoms with Gasteiger partial charge in [-0.25, -0.2) is 9.38 Å². The maximum absolute atomic E-state index is 13.6. The first-order valence-corrected chi connectivity index (χ1v) is 11.3. The third kappa shape index (κ3) is 5.99. The highest BCUT2D eigenvalue weighted by Crippen LogP contribution is 2.27. The van der Waals surface area contributed by atoms with Crippen LogP contribution >= 0.6 is 0 Å². The molecular formula is C27H29FN4O2. The average molecular weight is 461 g/mol. The second-order valence-corrected chi connectivity index (χ2v) is 8.32. The van der Waals surface area contributed by atoms with Gasteiger partial charge in [0.2, 0.25) is 5.96 Å². The molecule has 1 heterocycles. The predicted octanol–water partition coefficient (Wildman–Crippen LogP) is 4.38. The van der Waals surface area contributed by atoms with Crippen LogP contribution < -0.4 is 10.1 Å². The van der Waals surface area contributed by atoms with Crippen LogP contribution in [0.15, 0.2) is 77.8 Å². The number of nitrogens with zero attached hydrogens (tertiary/aromatic N) is 3. The van der Waals surface area contributed by atoms with E-state index >= 15 is 0 Å². The summed E-state index contributed by atoms with van der Waals surface area (Å²) in [5.74, 6) is 0.691. The maximum Gasteiger partial charge on any atom is 0.257 e. The summed E-state index contributed by atoms with van der Waals surface area (Å²) >= 11 is 0. The van der Waals surface area contributed by atoms with Crippen LogP contribution in [0.4, 0.5) is 10.1 Å². The first-order valence-electron chi connectivity index (χ1n) is 11.3. The largest absolute Gasteiger partial charge is 0.494 e. The fourth-order valence-corrected chi connectivity index (χ4v) is 3.99. The number of halogens is 1. The molecule has 6 nitrogen and oxygen atoms in total. The summed E-state index contributed by atoms with van der Waals surface area (Å²) < 4.78 is 19.0. The molecular weight excluding hydrogens is 431 g/mol. The van der Waals surface area contributed by atoms with Gasteiger partial charge in [-0.15, -0.1) is 0 Å². The fourth-order valence-electron chi connectivity index (χ4n) is 3.99. The van der Waals surface area contributed by atoms with E-state index in [0.717, 1.165) is 24.2 Å². The number of guanidine groups is 1. The van der Waals surface area contributed by atoms with Gasteiger partial charge >= 0.3 is 0 Å². The Balaban J connectivity index is 1.52. The number of benzene rings is 3. The van der Waals surface area contributed by atoms with Crippen LogP contribution in [0.5, 0.6) is 5.75 Å². The Bertz CT molecular complexity index is 1170. The van der Waals surface area contributed by atoms with Gasteiger partial charge in [0.05, 0.1) is 7.11 Å². The Hall–Kier alpha value is -3.71. The minimum Gasteiger partial charge on any atom is -0.494 e. The van der Waals surface area contributed by atoms with Gasteiger partial charge in [0, 0.05) is 38.3 Å². The van der Waals surface area contributed by atoms with E-state index in [4.69, 9.17) is 9.73 Å². The first kappa shape index (κ1) is 23.4. The zero-order chi connectivity index (χ0) is 23.9. The Labute approximate surface area is 199 Å². The summed E-state index contributed by atoms with van der Waals surface area (Å²) in [5.41, 5.74) is 3.19. The van der Waals surface area contributed by atoms with E-state index in [9.17, 15) is 9.18 Å². The van der Waals surface area contributed by atoms with Crippen molar-refractivity contribution in [3.63, 3.8) is 0 Å². The smallest absolute Gasteiger partial charge is 0.257 e. The van der Waals surface area contributed by atoms with Crippen molar-refractivity contribution >= 4 is 17.6 Å². The summed E-state index contributed by atoms with van der Waals surface area (Å²) in [7, 11) is 1.60. The van der Waals surface area contributed by atoms with Crippen LogP contribution in [-0.4, -0.2) is 55.0 Å². The molecule has 0 bridgehead atoms. The number of aryl methyl sites for hydroxylation is 1. The molecule has 0 aromatic heterocycles. The molecule has 34 heavy (non-hydrogen) atoms. The van der Waals surface area contributed by atoms with Gasteiger partial charge < -0.3 is 9.64 Å². The third-order valence-electron chi connectivity index (χ3n) is 5.78. The lowest BCUT2D eigenvalue weighted by molar-refractivity contribution is 0.0967. The van der Waals surface area contributed by atoms with Crippen LogP contribution in [0.3, 0.4) is 0 Å². The maximum atomic E-state index is 13.6. The highest BCUT2D eigenvalue weighted by atomic mass is 19.1. The summed E-state index contributed by atoms with van der Waals surface area (Å²) in [5, 5.41) is 3.02. The first-order chi connectivity index (χ1) is 16.5. The van der Waals surface area contributed by atoms with Crippen molar-refractivity contribution in [2.45, 2.75) is 13.5 Å². The van der Waals surface area contributed by atoms with Gasteiger partial charge in [0.15, 0.2) is 0 Å². The second kappa shape index (κ2) is 10.9. The molecule has 4 rings (SSSR count). The summed E-state index contributed by atoms with van der Waals surface area (Å²) in [6, 6.07) is 21.6. The SMILES string of the molecule is COc1ccccc1N=C(NC(=O)c1cccc(C)c1)N1CCN(Cc2cccc(F)c2)CC1. The van der Waals surface area contributed by atoms with E-state index in [1.54, 1.807) is 25.3 Å². The number of carbonyl (C=O) groups excluding carboxylic acids is 1. The van der Waals surface area contributed by atoms with Crippen molar-refractivity contribution in [1.82, 2.24) is 15.1 Å². The van der Waals surface area contributed by atoms with E-state index in [2.05, 4.69) is 15.1 Å². The Morgan fingerprint density at radius 3 is 2.50 bits per heavy atom. The van der Waals surface area contributed by atoms with Crippen molar-refractivity contribution in [3.05, 3.63) is 95.3 Å². The van der Waals surface area contributed by atoms with Gasteiger partial charge in [0.1, 0.15) is 17.3 Å². The minimum atomic E-state index is -0.221. The van der Waals surface area contributed by atoms with Crippen molar-refractivity contribution in [1.29, 1.82) is 0 Å². The van der Waals surface area contributed by atoms with Gasteiger partial charge in [-0.1, -0.05) is 42.0 Å². The number of methoxy groups -OCH3 is 1. The minimum absolute atomic E-state index is 0.209. The molecule has 3 aromatic rings. The van der Waals surface area contributed by atoms with Gasteiger partial charge in [-0.2, -0.15) is 0 Å². The molecule has 1 fully saturated rings. The quantitative estimate of drug-likeness (QED) is 0.454. The Kier molecular flexibility index (Phi) is 7.54. The van der Waals surface area contributed by atoms with E-state index in [1.807, 2.05) is 55.5 Å². The van der Waals surface area contributed by atoms with Crippen molar-refractivity contribution in [2.75, 3.05) is 33.3 Å². The van der Waals surface area contributed by atoms with E-state index in [1.165, 1.54) is 6.07 Å². The standard InChI is InChI=1S/C27H29FN4O2/c1-20-7-5-9-22(17-20)26(33)30-27(29-24-11-3-4-12-25(24)34-2)32-15-13-31(14-16-32)19-21-8-6-10-23(28)18-21/h3-12,17-18H,13-16,19H2,1-2H3,(H,29,30,33). The fraction of sp³-hybridized carbons (Fsp3) is 0.259. The van der Waals surface area contributed by atoms with Crippen LogP contribution in [-0.2, 0) is 6.54 Å². The zero-order valence-corrected chi connectivity index (χ0v) is 19.5. The number of ether oxygens (including phenoxy) is 1. The molecule has 0 radical (unpaired) electrons. The number of aliphatic imine (C=N–C) groups is 1. The highest BCUT2D eigenvalue weighted by molar-refractivity contribution is 6.06. The molecule has 1 N–H and O–H groups in total. The molecule has 7 heteroatoms. The molecule has 1 saturated heterocycles. The molecule has 0 saturated carbocycles. The van der Waals surface area contributed by atoms with Crippen molar-refractivity contribution in [2.24, 2.45) is 4.99 Å².